The van der Waals surface area contributed by atoms with Crippen LogP contribution in [0, 0.1) is 0 Å². The molecule has 0 unspecified atom stereocenters. The molecule has 0 spiro atoms. The molecule has 0 aliphatic heterocycles. The molecule has 0 fully saturated rings. The minimum absolute atomic E-state index is 0.100. The molecule has 0 radical (unpaired) electrons. The van der Waals surface area contributed by atoms with Gasteiger partial charge in [0, 0.05) is 12.6 Å². The van der Waals surface area contributed by atoms with E-state index < -0.39 is 17.7 Å². The van der Waals surface area contributed by atoms with Gasteiger partial charge in [0.05, 0.1) is 24.0 Å². The lowest BCUT2D eigenvalue weighted by Crippen LogP contribution is -2.40. The average Bonchev–Trinajstić information content (AvgIpc) is 2.34. The molecule has 3 N–H and O–H groups in total. The van der Waals surface area contributed by atoms with E-state index in [9.17, 15) is 9.59 Å². The minimum atomic E-state index is -0.914. The number of hydrogen-bond acceptors (Lipinski definition) is 5. The Kier molecular flexibility index (Phi) is 6.15. The number of hydrogen-bond donors (Lipinski definition) is 3. The number of nitrogens with zero attached hydrogens (tertiary/aromatic N) is 1. The highest BCUT2D eigenvalue weighted by molar-refractivity contribution is 5.69. The number of carbonyl (C=O) groups is 2. The number of carbonyl (C=O) groups excluding carboxylic acids is 1. The van der Waals surface area contributed by atoms with Crippen LogP contribution in [0.25, 0.3) is 0 Å². The van der Waals surface area contributed by atoms with Gasteiger partial charge in [0.1, 0.15) is 5.60 Å². The fourth-order valence-corrected chi connectivity index (χ4v) is 1.62. The molecule has 7 nitrogen and oxygen atoms in total. The molecule has 122 valence electrons. The Bertz CT molecular complexity index is 509. The predicted molar refractivity (Wildman–Crippen MR) is 82.9 cm³/mol. The summed E-state index contributed by atoms with van der Waals surface area (Å²) in [6.45, 7) is 7.77. The van der Waals surface area contributed by atoms with Crippen LogP contribution in [0.5, 0.6) is 0 Å². The van der Waals surface area contributed by atoms with Gasteiger partial charge in [-0.15, -0.1) is 0 Å². The van der Waals surface area contributed by atoms with Gasteiger partial charge in [0.15, 0.2) is 0 Å². The van der Waals surface area contributed by atoms with Gasteiger partial charge in [-0.2, -0.15) is 0 Å². The lowest BCUT2D eigenvalue weighted by Gasteiger charge is -2.22. The number of rotatable bonds is 6. The largest absolute Gasteiger partial charge is 0.481 e. The molecule has 0 saturated carbocycles. The fourth-order valence-electron chi connectivity index (χ4n) is 1.62. The molecule has 1 heterocycles. The van der Waals surface area contributed by atoms with Crippen LogP contribution in [-0.2, 0) is 16.0 Å². The van der Waals surface area contributed by atoms with E-state index in [0.717, 1.165) is 5.69 Å². The quantitative estimate of drug-likeness (QED) is 0.743. The number of amides is 1. The van der Waals surface area contributed by atoms with Crippen molar-refractivity contribution >= 4 is 17.7 Å². The molecule has 22 heavy (non-hydrogen) atoms. The van der Waals surface area contributed by atoms with Crippen LogP contribution in [0.1, 0.15) is 33.4 Å². The Balaban J connectivity index is 2.39. The zero-order chi connectivity index (χ0) is 16.8. The van der Waals surface area contributed by atoms with E-state index in [1.165, 1.54) is 0 Å². The number of anilines is 1. The van der Waals surface area contributed by atoms with E-state index >= 15 is 0 Å². The van der Waals surface area contributed by atoms with Crippen LogP contribution in [0.15, 0.2) is 18.3 Å². The van der Waals surface area contributed by atoms with Crippen molar-refractivity contribution in [3.05, 3.63) is 24.0 Å². The first-order valence-corrected chi connectivity index (χ1v) is 7.06. The van der Waals surface area contributed by atoms with Gasteiger partial charge in [0.25, 0.3) is 0 Å². The van der Waals surface area contributed by atoms with Crippen molar-refractivity contribution in [1.29, 1.82) is 0 Å². The van der Waals surface area contributed by atoms with E-state index in [0.29, 0.717) is 12.2 Å². The van der Waals surface area contributed by atoms with Crippen molar-refractivity contribution < 1.29 is 19.4 Å². The summed E-state index contributed by atoms with van der Waals surface area (Å²) in [5, 5.41) is 14.5. The molecule has 0 bridgehead atoms. The van der Waals surface area contributed by atoms with Crippen molar-refractivity contribution in [2.24, 2.45) is 0 Å². The van der Waals surface area contributed by atoms with Crippen molar-refractivity contribution in [3.63, 3.8) is 0 Å². The van der Waals surface area contributed by atoms with Crippen LogP contribution in [0.3, 0.4) is 0 Å². The first kappa shape index (κ1) is 17.7. The summed E-state index contributed by atoms with van der Waals surface area (Å²) in [6.07, 6.45) is 1.01. The van der Waals surface area contributed by atoms with Crippen molar-refractivity contribution in [2.45, 2.75) is 45.8 Å². The second-order valence-corrected chi connectivity index (χ2v) is 6.04. The molecule has 0 saturated heterocycles. The highest BCUT2D eigenvalue weighted by Gasteiger charge is 2.17. The lowest BCUT2D eigenvalue weighted by atomic mass is 10.2. The lowest BCUT2D eigenvalue weighted by molar-refractivity contribution is -0.136. The second kappa shape index (κ2) is 7.63. The molecule has 1 aromatic heterocycles. The number of aromatic nitrogens is 1. The number of carboxylic acids is 1. The minimum Gasteiger partial charge on any atom is -0.481 e. The number of alkyl carbamates (subject to hydrolysis) is 1. The normalized spacial score (nSPS) is 12.4. The summed E-state index contributed by atoms with van der Waals surface area (Å²) >= 11 is 0. The zero-order valence-corrected chi connectivity index (χ0v) is 13.3. The Hall–Kier alpha value is -2.31. The summed E-state index contributed by atoms with van der Waals surface area (Å²) in [5.41, 5.74) is 0.728. The molecule has 7 heteroatoms. The fraction of sp³-hybridized carbons (Fsp3) is 0.533. The van der Waals surface area contributed by atoms with Crippen molar-refractivity contribution in [1.82, 2.24) is 10.3 Å². The third-order valence-corrected chi connectivity index (χ3v) is 2.53. The van der Waals surface area contributed by atoms with Crippen LogP contribution in [-0.4, -0.2) is 40.3 Å². The highest BCUT2D eigenvalue weighted by Crippen LogP contribution is 2.08. The van der Waals surface area contributed by atoms with Gasteiger partial charge >= 0.3 is 12.1 Å². The highest BCUT2D eigenvalue weighted by atomic mass is 16.6. The zero-order valence-electron chi connectivity index (χ0n) is 13.3. The molecule has 1 amide bonds. The average molecular weight is 309 g/mol. The molecule has 0 aliphatic rings. The number of carboxylic acid groups (broad SMARTS) is 1. The van der Waals surface area contributed by atoms with Crippen LogP contribution >= 0.6 is 0 Å². The van der Waals surface area contributed by atoms with Gasteiger partial charge in [-0.25, -0.2) is 4.79 Å². The Labute approximate surface area is 130 Å². The molecule has 1 atom stereocenters. The first-order valence-electron chi connectivity index (χ1n) is 7.06. The Morgan fingerprint density at radius 3 is 2.55 bits per heavy atom. The van der Waals surface area contributed by atoms with Gasteiger partial charge in [-0.3, -0.25) is 9.78 Å². The SMILES string of the molecule is C[C@H](CNc1ccc(CC(=O)O)nc1)NC(=O)OC(C)(C)C. The topological polar surface area (TPSA) is 101 Å². The monoisotopic (exact) mass is 309 g/mol. The van der Waals surface area contributed by atoms with E-state index in [1.807, 2.05) is 6.92 Å². The summed E-state index contributed by atoms with van der Waals surface area (Å²) in [5.74, 6) is -0.914. The predicted octanol–water partition coefficient (Wildman–Crippen LogP) is 2.03. The number of ether oxygens (including phenoxy) is 1. The van der Waals surface area contributed by atoms with Gasteiger partial charge < -0.3 is 20.5 Å². The molecule has 1 rings (SSSR count). The number of nitrogens with one attached hydrogen (secondary N) is 2. The summed E-state index contributed by atoms with van der Waals surface area (Å²) in [7, 11) is 0. The maximum Gasteiger partial charge on any atom is 0.407 e. The summed E-state index contributed by atoms with van der Waals surface area (Å²) < 4.78 is 5.17. The van der Waals surface area contributed by atoms with Gasteiger partial charge in [-0.05, 0) is 39.8 Å². The van der Waals surface area contributed by atoms with Crippen LogP contribution in [0.4, 0.5) is 10.5 Å². The van der Waals surface area contributed by atoms with E-state index in [2.05, 4.69) is 15.6 Å². The number of pyridine rings is 1. The summed E-state index contributed by atoms with van der Waals surface area (Å²) in [6, 6.07) is 3.28. The van der Waals surface area contributed by atoms with E-state index in [1.54, 1.807) is 39.1 Å². The summed E-state index contributed by atoms with van der Waals surface area (Å²) in [4.78, 5) is 26.2. The van der Waals surface area contributed by atoms with Crippen LogP contribution in [0.2, 0.25) is 0 Å². The smallest absolute Gasteiger partial charge is 0.407 e. The number of aliphatic carboxylic acids is 1. The third-order valence-electron chi connectivity index (χ3n) is 2.53. The standard InChI is InChI=1S/C15H23N3O4/c1-10(18-14(21)22-15(2,3)4)8-16-12-6-5-11(17-9-12)7-13(19)20/h5-6,9-10,16H,7-8H2,1-4H3,(H,18,21)(H,19,20)/t10-/m1/s1. The van der Waals surface area contributed by atoms with Crippen molar-refractivity contribution in [2.75, 3.05) is 11.9 Å². The first-order chi connectivity index (χ1) is 10.2. The molecule has 0 aliphatic carbocycles. The second-order valence-electron chi connectivity index (χ2n) is 6.04. The molecular formula is C15H23N3O4. The van der Waals surface area contributed by atoms with Gasteiger partial charge in [0.2, 0.25) is 0 Å². The molecule has 0 aromatic carbocycles. The van der Waals surface area contributed by atoms with Crippen LogP contribution < -0.4 is 10.6 Å². The van der Waals surface area contributed by atoms with E-state index in [-0.39, 0.29) is 12.5 Å². The Morgan fingerprint density at radius 1 is 1.36 bits per heavy atom. The Morgan fingerprint density at radius 2 is 2.05 bits per heavy atom. The van der Waals surface area contributed by atoms with Crippen molar-refractivity contribution in [3.8, 4) is 0 Å². The molecular weight excluding hydrogens is 286 g/mol. The van der Waals surface area contributed by atoms with E-state index in [4.69, 9.17) is 9.84 Å². The van der Waals surface area contributed by atoms with Gasteiger partial charge in [-0.1, -0.05) is 0 Å². The molecule has 1 aromatic rings. The maximum atomic E-state index is 11.6. The third kappa shape index (κ3) is 7.47. The maximum absolute atomic E-state index is 11.6.